The summed E-state index contributed by atoms with van der Waals surface area (Å²) in [6.45, 7) is 7.76. The van der Waals surface area contributed by atoms with Crippen LogP contribution in [0.1, 0.15) is 46.4 Å². The summed E-state index contributed by atoms with van der Waals surface area (Å²) in [6.07, 6.45) is 14.1. The Kier molecular flexibility index (Phi) is 10.9. The Bertz CT molecular complexity index is 599. The normalized spacial score (nSPS) is 10.8. The second kappa shape index (κ2) is 13.4. The molecule has 0 aliphatic carbocycles. The highest BCUT2D eigenvalue weighted by Crippen LogP contribution is 2.12. The van der Waals surface area contributed by atoms with Crippen LogP contribution < -0.4 is 0 Å². The second-order valence-corrected chi connectivity index (χ2v) is 5.39. The van der Waals surface area contributed by atoms with Gasteiger partial charge in [-0.2, -0.15) is 0 Å². The van der Waals surface area contributed by atoms with E-state index in [2.05, 4.69) is 13.2 Å². The Balaban J connectivity index is 2.54. The average Bonchev–Trinajstić information content (AvgIpc) is 2.67. The molecule has 0 saturated carbocycles. The highest BCUT2D eigenvalue weighted by Gasteiger charge is 2.18. The fraction of sp³-hybridized carbons (Fsp3) is 0.273. The molecule has 0 bridgehead atoms. The molecule has 1 aromatic rings. The van der Waals surface area contributed by atoms with E-state index in [-0.39, 0.29) is 24.3 Å². The average molecular weight is 354 g/mol. The van der Waals surface area contributed by atoms with Gasteiger partial charge in [-0.15, -0.1) is 13.2 Å². The molecule has 0 saturated heterocycles. The number of carbonyl (C=O) groups excluding carboxylic acids is 2. The number of esters is 2. The molecule has 1 rings (SSSR count). The van der Waals surface area contributed by atoms with Crippen molar-refractivity contribution >= 4 is 11.9 Å². The van der Waals surface area contributed by atoms with Gasteiger partial charge in [-0.3, -0.25) is 0 Å². The number of hydrogen-bond donors (Lipinski definition) is 0. The topological polar surface area (TPSA) is 52.6 Å². The zero-order valence-electron chi connectivity index (χ0n) is 15.1. The lowest BCUT2D eigenvalue weighted by Gasteiger charge is -2.09. The van der Waals surface area contributed by atoms with E-state index in [0.29, 0.717) is 12.8 Å². The fourth-order valence-corrected chi connectivity index (χ4v) is 2.05. The summed E-state index contributed by atoms with van der Waals surface area (Å²) in [7, 11) is 0. The van der Waals surface area contributed by atoms with E-state index >= 15 is 0 Å². The SMILES string of the molecule is C=CCC=CCCOC(=O)c1ccccc1C(=O)OCCC=CCC=C. The molecule has 4 nitrogen and oxygen atoms in total. The van der Waals surface area contributed by atoms with Crippen molar-refractivity contribution in [3.05, 3.63) is 85.0 Å². The molecule has 0 radical (unpaired) electrons. The summed E-state index contributed by atoms with van der Waals surface area (Å²) in [5, 5.41) is 0. The molecule has 1 aromatic carbocycles. The standard InChI is InChI=1S/C22H26O4/c1-3-5-7-9-13-17-25-21(23)19-15-11-12-16-20(19)22(24)26-18-14-10-8-6-4-2/h3-4,7-12,15-16H,1-2,5-6,13-14,17-18H2. The molecule has 0 aliphatic rings. The summed E-state index contributed by atoms with van der Waals surface area (Å²) in [5.41, 5.74) is 0.435. The summed E-state index contributed by atoms with van der Waals surface area (Å²) in [4.78, 5) is 24.4. The first-order valence-electron chi connectivity index (χ1n) is 8.65. The van der Waals surface area contributed by atoms with Crippen molar-refractivity contribution in [3.63, 3.8) is 0 Å². The summed E-state index contributed by atoms with van der Waals surface area (Å²) in [5.74, 6) is -1.05. The first kappa shape index (κ1) is 21.2. The van der Waals surface area contributed by atoms with Crippen LogP contribution in [0.5, 0.6) is 0 Å². The van der Waals surface area contributed by atoms with Gasteiger partial charge in [0.1, 0.15) is 0 Å². The third-order valence-corrected chi connectivity index (χ3v) is 3.34. The van der Waals surface area contributed by atoms with Crippen LogP contribution in [0.25, 0.3) is 0 Å². The third-order valence-electron chi connectivity index (χ3n) is 3.34. The van der Waals surface area contributed by atoms with Crippen molar-refractivity contribution in [2.45, 2.75) is 25.7 Å². The largest absolute Gasteiger partial charge is 0.462 e. The van der Waals surface area contributed by atoms with Gasteiger partial charge in [0.25, 0.3) is 0 Å². The zero-order valence-corrected chi connectivity index (χ0v) is 15.1. The van der Waals surface area contributed by atoms with Crippen LogP contribution in [0.3, 0.4) is 0 Å². The maximum Gasteiger partial charge on any atom is 0.339 e. The van der Waals surface area contributed by atoms with Crippen LogP contribution in [0.2, 0.25) is 0 Å². The molecule has 138 valence electrons. The number of rotatable bonds is 12. The molecule has 0 aromatic heterocycles. The molecule has 0 unspecified atom stereocenters. The lowest BCUT2D eigenvalue weighted by atomic mass is 10.1. The molecule has 0 fully saturated rings. The number of carbonyl (C=O) groups is 2. The van der Waals surface area contributed by atoms with Crippen LogP contribution in [0.15, 0.2) is 73.9 Å². The smallest absolute Gasteiger partial charge is 0.339 e. The van der Waals surface area contributed by atoms with Crippen LogP contribution in [-0.2, 0) is 9.47 Å². The van der Waals surface area contributed by atoms with Crippen molar-refractivity contribution in [3.8, 4) is 0 Å². The Hall–Kier alpha value is -2.88. The molecule has 4 heteroatoms. The van der Waals surface area contributed by atoms with Gasteiger partial charge in [0, 0.05) is 0 Å². The van der Waals surface area contributed by atoms with E-state index < -0.39 is 11.9 Å². The lowest BCUT2D eigenvalue weighted by Crippen LogP contribution is -2.14. The van der Waals surface area contributed by atoms with E-state index in [9.17, 15) is 9.59 Å². The van der Waals surface area contributed by atoms with Crippen LogP contribution >= 0.6 is 0 Å². The van der Waals surface area contributed by atoms with E-state index in [0.717, 1.165) is 12.8 Å². The molecule has 0 N–H and O–H groups in total. The van der Waals surface area contributed by atoms with Crippen molar-refractivity contribution in [1.82, 2.24) is 0 Å². The van der Waals surface area contributed by atoms with Gasteiger partial charge in [0.15, 0.2) is 0 Å². The van der Waals surface area contributed by atoms with E-state index in [1.807, 2.05) is 24.3 Å². The highest BCUT2D eigenvalue weighted by molar-refractivity contribution is 6.03. The lowest BCUT2D eigenvalue weighted by molar-refractivity contribution is 0.0464. The predicted molar refractivity (Wildman–Crippen MR) is 104 cm³/mol. The van der Waals surface area contributed by atoms with Gasteiger partial charge >= 0.3 is 11.9 Å². The first-order chi connectivity index (χ1) is 12.7. The molecule has 0 aliphatic heterocycles. The Morgan fingerprint density at radius 3 is 1.58 bits per heavy atom. The van der Waals surface area contributed by atoms with Gasteiger partial charge in [-0.1, -0.05) is 48.6 Å². The highest BCUT2D eigenvalue weighted by atomic mass is 16.5. The quantitative estimate of drug-likeness (QED) is 0.300. The van der Waals surface area contributed by atoms with Gasteiger partial charge in [0.2, 0.25) is 0 Å². The van der Waals surface area contributed by atoms with Crippen LogP contribution in [-0.4, -0.2) is 25.2 Å². The van der Waals surface area contributed by atoms with Crippen molar-refractivity contribution in [2.24, 2.45) is 0 Å². The third kappa shape index (κ3) is 8.29. The summed E-state index contributed by atoms with van der Waals surface area (Å²) < 4.78 is 10.4. The Morgan fingerprint density at radius 1 is 0.769 bits per heavy atom. The van der Waals surface area contributed by atoms with Gasteiger partial charge in [-0.05, 0) is 37.8 Å². The van der Waals surface area contributed by atoms with Crippen molar-refractivity contribution < 1.29 is 19.1 Å². The molecule has 0 spiro atoms. The molecular formula is C22H26O4. The maximum absolute atomic E-state index is 12.2. The molecule has 26 heavy (non-hydrogen) atoms. The minimum Gasteiger partial charge on any atom is -0.462 e. The summed E-state index contributed by atoms with van der Waals surface area (Å²) in [6, 6.07) is 6.51. The fourth-order valence-electron chi connectivity index (χ4n) is 2.05. The Morgan fingerprint density at radius 2 is 1.19 bits per heavy atom. The van der Waals surface area contributed by atoms with Crippen LogP contribution in [0.4, 0.5) is 0 Å². The van der Waals surface area contributed by atoms with E-state index in [1.165, 1.54) is 0 Å². The first-order valence-corrected chi connectivity index (χ1v) is 8.65. The second-order valence-electron chi connectivity index (χ2n) is 5.39. The summed E-state index contributed by atoms with van der Waals surface area (Å²) >= 11 is 0. The van der Waals surface area contributed by atoms with Gasteiger partial charge < -0.3 is 9.47 Å². The predicted octanol–water partition coefficient (Wildman–Crippen LogP) is 5.05. The number of hydrogen-bond acceptors (Lipinski definition) is 4. The zero-order chi connectivity index (χ0) is 19.0. The minimum atomic E-state index is -0.527. The molecule has 0 heterocycles. The van der Waals surface area contributed by atoms with Crippen LogP contribution in [0, 0.1) is 0 Å². The number of benzene rings is 1. The van der Waals surface area contributed by atoms with Gasteiger partial charge in [-0.25, -0.2) is 9.59 Å². The molecule has 0 atom stereocenters. The monoisotopic (exact) mass is 354 g/mol. The molecule has 0 amide bonds. The van der Waals surface area contributed by atoms with Gasteiger partial charge in [0.05, 0.1) is 24.3 Å². The van der Waals surface area contributed by atoms with Crippen molar-refractivity contribution in [2.75, 3.05) is 13.2 Å². The number of allylic oxidation sites excluding steroid dienone is 4. The maximum atomic E-state index is 12.2. The van der Waals surface area contributed by atoms with Crippen molar-refractivity contribution in [1.29, 1.82) is 0 Å². The number of ether oxygens (including phenoxy) is 2. The minimum absolute atomic E-state index is 0.217. The Labute approximate surface area is 155 Å². The molecular weight excluding hydrogens is 328 g/mol. The van der Waals surface area contributed by atoms with E-state index in [4.69, 9.17) is 9.47 Å². The van der Waals surface area contributed by atoms with E-state index in [1.54, 1.807) is 36.4 Å².